The maximum atomic E-state index is 15.3. The van der Waals surface area contributed by atoms with Crippen molar-refractivity contribution in [1.82, 2.24) is 24.9 Å². The average molecular weight is 449 g/mol. The minimum absolute atomic E-state index is 0.102. The molecule has 2 aromatic heterocycles. The molecule has 32 heavy (non-hydrogen) atoms. The molecule has 1 saturated heterocycles. The van der Waals surface area contributed by atoms with Crippen LogP contribution in [-0.2, 0) is 18.3 Å². The number of hydrogen-bond donors (Lipinski definition) is 0. The van der Waals surface area contributed by atoms with Gasteiger partial charge in [-0.2, -0.15) is 13.2 Å². The van der Waals surface area contributed by atoms with Crippen molar-refractivity contribution < 1.29 is 22.4 Å². The highest BCUT2D eigenvalue weighted by atomic mass is 19.4. The predicted molar refractivity (Wildman–Crippen MR) is 111 cm³/mol. The van der Waals surface area contributed by atoms with E-state index in [1.807, 2.05) is 18.2 Å². The Balaban J connectivity index is 1.43. The van der Waals surface area contributed by atoms with E-state index >= 15 is 4.39 Å². The van der Waals surface area contributed by atoms with E-state index in [1.165, 1.54) is 0 Å². The number of pyridine rings is 1. The number of aromatic nitrogens is 4. The van der Waals surface area contributed by atoms with E-state index in [2.05, 4.69) is 15.3 Å². The number of alkyl halides is 4. The fraction of sp³-hybridized carbons (Fsp3) is 0.455. The SMILES string of the molecule is Cn1nncc1-c1ccc2cnc(CC(=O)C3(F)CCN(CCC(F)(F)F)CC3)cc2c1. The number of nitrogens with zero attached hydrogens (tertiary/aromatic N) is 5. The van der Waals surface area contributed by atoms with Gasteiger partial charge in [0.1, 0.15) is 0 Å². The number of carbonyl (C=O) groups is 1. The molecule has 0 amide bonds. The van der Waals surface area contributed by atoms with E-state index in [-0.39, 0.29) is 38.9 Å². The van der Waals surface area contributed by atoms with Crippen LogP contribution in [0.5, 0.6) is 0 Å². The van der Waals surface area contributed by atoms with E-state index in [1.54, 1.807) is 35.1 Å². The Morgan fingerprint density at radius 1 is 1.12 bits per heavy atom. The van der Waals surface area contributed by atoms with Gasteiger partial charge >= 0.3 is 6.18 Å². The van der Waals surface area contributed by atoms with Crippen LogP contribution in [0.1, 0.15) is 25.0 Å². The topological polar surface area (TPSA) is 63.9 Å². The molecule has 1 aliphatic rings. The van der Waals surface area contributed by atoms with E-state index < -0.39 is 24.0 Å². The van der Waals surface area contributed by atoms with Crippen LogP contribution in [0.2, 0.25) is 0 Å². The van der Waals surface area contributed by atoms with Gasteiger partial charge in [-0.05, 0) is 17.5 Å². The number of carbonyl (C=O) groups excluding carboxylic acids is 1. The zero-order valence-corrected chi connectivity index (χ0v) is 17.6. The normalized spacial score (nSPS) is 17.0. The van der Waals surface area contributed by atoms with E-state index in [0.717, 1.165) is 22.0 Å². The molecule has 0 saturated carbocycles. The highest BCUT2D eigenvalue weighted by molar-refractivity contribution is 5.91. The number of benzene rings is 1. The molecule has 0 N–H and O–H groups in total. The molecule has 0 atom stereocenters. The summed E-state index contributed by atoms with van der Waals surface area (Å²) in [7, 11) is 1.79. The number of hydrogen-bond acceptors (Lipinski definition) is 5. The molecule has 3 aromatic rings. The molecule has 6 nitrogen and oxygen atoms in total. The van der Waals surface area contributed by atoms with E-state index in [4.69, 9.17) is 0 Å². The fourth-order valence-corrected chi connectivity index (χ4v) is 4.01. The van der Waals surface area contributed by atoms with Crippen LogP contribution in [0, 0.1) is 0 Å². The molecular formula is C22H23F4N5O. The van der Waals surface area contributed by atoms with Gasteiger partial charge < -0.3 is 4.90 Å². The number of fused-ring (bicyclic) bond motifs is 1. The molecule has 0 bridgehead atoms. The van der Waals surface area contributed by atoms with Crippen molar-refractivity contribution >= 4 is 16.6 Å². The maximum Gasteiger partial charge on any atom is 0.390 e. The second-order valence-corrected chi connectivity index (χ2v) is 8.25. The largest absolute Gasteiger partial charge is 0.390 e. The quantitative estimate of drug-likeness (QED) is 0.534. The monoisotopic (exact) mass is 449 g/mol. The number of halogens is 4. The lowest BCUT2D eigenvalue weighted by atomic mass is 9.86. The van der Waals surface area contributed by atoms with Crippen LogP contribution in [-0.4, -0.2) is 62.1 Å². The fourth-order valence-electron chi connectivity index (χ4n) is 4.01. The van der Waals surface area contributed by atoms with Crippen LogP contribution in [0.3, 0.4) is 0 Å². The zero-order valence-electron chi connectivity index (χ0n) is 17.6. The summed E-state index contributed by atoms with van der Waals surface area (Å²) in [4.78, 5) is 18.6. The van der Waals surface area contributed by atoms with Crippen molar-refractivity contribution in [3.05, 3.63) is 42.4 Å². The van der Waals surface area contributed by atoms with Crippen molar-refractivity contribution in [2.24, 2.45) is 7.05 Å². The van der Waals surface area contributed by atoms with Gasteiger partial charge in [-0.15, -0.1) is 5.10 Å². The standard InChI is InChI=1S/C22H23F4N5O/c1-30-19(14-28-29-30)15-2-3-16-13-27-18(11-17(16)10-15)12-20(32)21(23)4-7-31(8-5-21)9-6-22(24,25)26/h2-3,10-11,13-14H,4-9,12H2,1H3. The van der Waals surface area contributed by atoms with Crippen molar-refractivity contribution in [3.63, 3.8) is 0 Å². The summed E-state index contributed by atoms with van der Waals surface area (Å²) in [6, 6.07) is 7.54. The van der Waals surface area contributed by atoms with Gasteiger partial charge in [-0.3, -0.25) is 9.78 Å². The predicted octanol–water partition coefficient (Wildman–Crippen LogP) is 3.90. The molecule has 0 spiro atoms. The summed E-state index contributed by atoms with van der Waals surface area (Å²) in [6.07, 6.45) is -2.24. The molecule has 0 aliphatic carbocycles. The number of ketones is 1. The van der Waals surface area contributed by atoms with Gasteiger partial charge in [0, 0.05) is 62.4 Å². The molecule has 170 valence electrons. The Labute approximate surface area is 182 Å². The molecule has 4 rings (SSSR count). The highest BCUT2D eigenvalue weighted by Crippen LogP contribution is 2.31. The van der Waals surface area contributed by atoms with Crippen molar-refractivity contribution in [3.8, 4) is 11.3 Å². The minimum Gasteiger partial charge on any atom is -0.303 e. The summed E-state index contributed by atoms with van der Waals surface area (Å²) >= 11 is 0. The van der Waals surface area contributed by atoms with Crippen LogP contribution in [0.15, 0.2) is 36.7 Å². The van der Waals surface area contributed by atoms with Gasteiger partial charge in [-0.1, -0.05) is 17.3 Å². The second kappa shape index (κ2) is 8.57. The third kappa shape index (κ3) is 4.95. The third-order valence-electron chi connectivity index (χ3n) is 5.99. The molecule has 1 fully saturated rings. The first-order chi connectivity index (χ1) is 15.1. The lowest BCUT2D eigenvalue weighted by Crippen LogP contribution is -2.47. The Bertz CT molecular complexity index is 1120. The third-order valence-corrected chi connectivity index (χ3v) is 5.99. The van der Waals surface area contributed by atoms with Gasteiger partial charge in [0.25, 0.3) is 0 Å². The van der Waals surface area contributed by atoms with E-state index in [9.17, 15) is 18.0 Å². The summed E-state index contributed by atoms with van der Waals surface area (Å²) in [5, 5.41) is 9.55. The average Bonchev–Trinajstić information content (AvgIpc) is 3.18. The Morgan fingerprint density at radius 3 is 2.53 bits per heavy atom. The van der Waals surface area contributed by atoms with Crippen LogP contribution >= 0.6 is 0 Å². The summed E-state index contributed by atoms with van der Waals surface area (Å²) < 4.78 is 54.1. The van der Waals surface area contributed by atoms with Crippen LogP contribution in [0.4, 0.5) is 17.6 Å². The second-order valence-electron chi connectivity index (χ2n) is 8.25. The molecular weight excluding hydrogens is 426 g/mol. The number of likely N-dealkylation sites (tertiary alicyclic amines) is 1. The Morgan fingerprint density at radius 2 is 1.88 bits per heavy atom. The first-order valence-electron chi connectivity index (χ1n) is 10.4. The number of Topliss-reactive ketones (excluding diaryl/α,β-unsaturated/α-hetero) is 1. The minimum atomic E-state index is -4.24. The molecule has 1 aliphatic heterocycles. The molecule has 0 unspecified atom stereocenters. The molecule has 1 aromatic carbocycles. The summed E-state index contributed by atoms with van der Waals surface area (Å²) in [6.45, 7) is 0.0889. The van der Waals surface area contributed by atoms with Crippen molar-refractivity contribution in [2.45, 2.75) is 37.5 Å². The van der Waals surface area contributed by atoms with Crippen molar-refractivity contribution in [1.29, 1.82) is 0 Å². The smallest absolute Gasteiger partial charge is 0.303 e. The van der Waals surface area contributed by atoms with Crippen LogP contribution in [0.25, 0.3) is 22.0 Å². The van der Waals surface area contributed by atoms with Gasteiger partial charge in [0.15, 0.2) is 11.5 Å². The van der Waals surface area contributed by atoms with Gasteiger partial charge in [0.05, 0.1) is 24.7 Å². The first-order valence-corrected chi connectivity index (χ1v) is 10.4. The first kappa shape index (κ1) is 22.3. The number of aryl methyl sites for hydroxylation is 1. The molecule has 0 radical (unpaired) electrons. The lowest BCUT2D eigenvalue weighted by Gasteiger charge is -2.35. The summed E-state index contributed by atoms with van der Waals surface area (Å²) in [5.74, 6) is -0.577. The Hall–Kier alpha value is -2.88. The summed E-state index contributed by atoms with van der Waals surface area (Å²) in [5.41, 5.74) is 0.162. The van der Waals surface area contributed by atoms with Crippen molar-refractivity contribution in [2.75, 3.05) is 19.6 Å². The van der Waals surface area contributed by atoms with Gasteiger partial charge in [-0.25, -0.2) is 9.07 Å². The Kier molecular flexibility index (Phi) is 5.98. The number of rotatable bonds is 6. The molecule has 10 heteroatoms. The highest BCUT2D eigenvalue weighted by Gasteiger charge is 2.41. The number of piperidine rings is 1. The van der Waals surface area contributed by atoms with Gasteiger partial charge in [0.2, 0.25) is 0 Å². The van der Waals surface area contributed by atoms with Crippen LogP contribution < -0.4 is 0 Å². The van der Waals surface area contributed by atoms with E-state index in [0.29, 0.717) is 5.69 Å². The maximum absolute atomic E-state index is 15.3. The molecule has 3 heterocycles. The zero-order chi connectivity index (χ0) is 22.9. The lowest BCUT2D eigenvalue weighted by molar-refractivity contribution is -0.142.